The molecular weight excluding hydrogens is 913 g/mol. The standard InChI is InChI=1S/C70H48N4O/c1-41-16-8-11-25-59(41)71(63-36-46(30-28-43(63)3)45-18-6-5-7-19-45)47-31-34-61-55(37-47)50-21-14-23-52-57-40-65-58(39-64(57)73(61)68(50)52)53-24-15-22-51-56-38-48(32-35-62(56)74(65)69(51)53)72(60-26-12-9-17-42(60)2)67-44(4)29-33-54-49-20-10-13-27-66(49)75-70(54)67/h5-40H,1-4H3. The quantitative estimate of drug-likeness (QED) is 0.159. The first-order valence-corrected chi connectivity index (χ1v) is 26.0. The third-order valence-electron chi connectivity index (χ3n) is 16.5. The summed E-state index contributed by atoms with van der Waals surface area (Å²) in [5.74, 6) is 0. The van der Waals surface area contributed by atoms with E-state index < -0.39 is 0 Å². The van der Waals surface area contributed by atoms with Gasteiger partial charge in [-0.25, -0.2) is 0 Å². The Morgan fingerprint density at radius 3 is 1.41 bits per heavy atom. The molecule has 0 saturated carbocycles. The lowest BCUT2D eigenvalue weighted by Gasteiger charge is -2.29. The number of fused-ring (bicyclic) bond motifs is 15. The van der Waals surface area contributed by atoms with Gasteiger partial charge in [-0.2, -0.15) is 0 Å². The van der Waals surface area contributed by atoms with E-state index in [1.807, 2.05) is 0 Å². The van der Waals surface area contributed by atoms with E-state index in [0.717, 1.165) is 50.3 Å². The van der Waals surface area contributed by atoms with Crippen molar-refractivity contribution in [3.8, 4) is 11.1 Å². The van der Waals surface area contributed by atoms with Crippen LogP contribution in [0.5, 0.6) is 0 Å². The number of hydrogen-bond acceptors (Lipinski definition) is 3. The summed E-state index contributed by atoms with van der Waals surface area (Å²) in [6.07, 6.45) is 0. The van der Waals surface area contributed by atoms with Crippen LogP contribution in [0.25, 0.3) is 109 Å². The normalized spacial score (nSPS) is 12.3. The molecule has 0 fully saturated rings. The number of rotatable bonds is 7. The lowest BCUT2D eigenvalue weighted by atomic mass is 10.0. The van der Waals surface area contributed by atoms with Crippen molar-refractivity contribution in [2.24, 2.45) is 0 Å². The largest absolute Gasteiger partial charge is 0.454 e. The summed E-state index contributed by atoms with van der Waals surface area (Å²) in [6, 6.07) is 80.6. The summed E-state index contributed by atoms with van der Waals surface area (Å²) in [5, 5.41) is 12.2. The second-order valence-corrected chi connectivity index (χ2v) is 20.7. The van der Waals surface area contributed by atoms with E-state index in [2.05, 4.69) is 265 Å². The zero-order valence-electron chi connectivity index (χ0n) is 42.0. The van der Waals surface area contributed by atoms with Crippen LogP contribution in [0.3, 0.4) is 0 Å². The maximum absolute atomic E-state index is 6.77. The Kier molecular flexibility index (Phi) is 8.66. The molecule has 0 aliphatic heterocycles. The molecule has 5 heteroatoms. The highest BCUT2D eigenvalue weighted by molar-refractivity contribution is 6.29. The summed E-state index contributed by atoms with van der Waals surface area (Å²) in [7, 11) is 0. The van der Waals surface area contributed by atoms with Crippen LogP contribution in [0.1, 0.15) is 22.3 Å². The monoisotopic (exact) mass is 960 g/mol. The highest BCUT2D eigenvalue weighted by Gasteiger charge is 2.27. The first kappa shape index (κ1) is 42.0. The SMILES string of the molecule is Cc1ccccc1N(c1ccc2c(c1)c1cccc3c4cc5c(cc4n2c13)c1cccc2c3cc(N(c4ccccc4C)c4c(C)ccc6c4oc4ccccc46)ccc3n5c21)c1cc(-c2ccccc2)ccc1C. The van der Waals surface area contributed by atoms with E-state index in [-0.39, 0.29) is 0 Å². The van der Waals surface area contributed by atoms with E-state index in [0.29, 0.717) is 0 Å². The van der Waals surface area contributed by atoms with Gasteiger partial charge in [-0.1, -0.05) is 146 Å². The fourth-order valence-electron chi connectivity index (χ4n) is 12.9. The molecule has 0 amide bonds. The average Bonchev–Trinajstić information content (AvgIpc) is 4.39. The number of aromatic nitrogens is 2. The van der Waals surface area contributed by atoms with Crippen molar-refractivity contribution in [3.05, 3.63) is 241 Å². The summed E-state index contributed by atoms with van der Waals surface area (Å²) >= 11 is 0. The molecule has 16 aromatic rings. The Morgan fingerprint density at radius 1 is 0.307 bits per heavy atom. The molecule has 0 aliphatic rings. The Hall–Kier alpha value is -9.58. The Morgan fingerprint density at radius 2 is 0.800 bits per heavy atom. The van der Waals surface area contributed by atoms with Crippen LogP contribution in [0, 0.1) is 27.7 Å². The fraction of sp³-hybridized carbons (Fsp3) is 0.0571. The predicted molar refractivity (Wildman–Crippen MR) is 317 cm³/mol. The molecule has 354 valence electrons. The number of para-hydroxylation sites is 5. The minimum absolute atomic E-state index is 0.894. The second-order valence-electron chi connectivity index (χ2n) is 20.7. The molecule has 16 rings (SSSR count). The van der Waals surface area contributed by atoms with Gasteiger partial charge >= 0.3 is 0 Å². The zero-order chi connectivity index (χ0) is 49.8. The van der Waals surface area contributed by atoms with Crippen LogP contribution in [0.15, 0.2) is 223 Å². The van der Waals surface area contributed by atoms with Crippen molar-refractivity contribution >= 4 is 132 Å². The summed E-state index contributed by atoms with van der Waals surface area (Å²) in [5.41, 5.74) is 23.1. The first-order chi connectivity index (χ1) is 36.9. The number of aryl methyl sites for hydroxylation is 4. The molecule has 0 radical (unpaired) electrons. The number of nitrogens with zero attached hydrogens (tertiary/aromatic N) is 4. The second kappa shape index (κ2) is 15.5. The molecule has 0 atom stereocenters. The topological polar surface area (TPSA) is 28.4 Å². The van der Waals surface area contributed by atoms with E-state index in [9.17, 15) is 0 Å². The van der Waals surface area contributed by atoms with Crippen molar-refractivity contribution in [2.75, 3.05) is 9.80 Å². The molecule has 5 heterocycles. The molecule has 11 aromatic carbocycles. The van der Waals surface area contributed by atoms with Gasteiger partial charge in [0.1, 0.15) is 5.58 Å². The average molecular weight is 961 g/mol. The Labute approximate surface area is 432 Å². The lowest BCUT2D eigenvalue weighted by molar-refractivity contribution is 0.668. The van der Waals surface area contributed by atoms with E-state index in [1.54, 1.807) is 0 Å². The molecule has 75 heavy (non-hydrogen) atoms. The Balaban J connectivity index is 0.892. The van der Waals surface area contributed by atoms with Crippen LogP contribution < -0.4 is 9.80 Å². The number of furan rings is 1. The van der Waals surface area contributed by atoms with Crippen molar-refractivity contribution < 1.29 is 4.42 Å². The minimum atomic E-state index is 0.894. The smallest absolute Gasteiger partial charge is 0.159 e. The van der Waals surface area contributed by atoms with Gasteiger partial charge < -0.3 is 23.0 Å². The van der Waals surface area contributed by atoms with Gasteiger partial charge in [-0.05, 0) is 134 Å². The molecule has 5 aromatic heterocycles. The highest BCUT2D eigenvalue weighted by Crippen LogP contribution is 2.50. The van der Waals surface area contributed by atoms with Crippen LogP contribution in [-0.2, 0) is 0 Å². The molecule has 0 N–H and O–H groups in total. The van der Waals surface area contributed by atoms with Gasteiger partial charge in [0, 0.05) is 82.3 Å². The van der Waals surface area contributed by atoms with Gasteiger partial charge in [0.2, 0.25) is 0 Å². The fourth-order valence-corrected chi connectivity index (χ4v) is 12.9. The van der Waals surface area contributed by atoms with Crippen LogP contribution >= 0.6 is 0 Å². The molecule has 0 saturated heterocycles. The van der Waals surface area contributed by atoms with Gasteiger partial charge in [-0.3, -0.25) is 0 Å². The van der Waals surface area contributed by atoms with Gasteiger partial charge in [0.25, 0.3) is 0 Å². The third kappa shape index (κ3) is 5.83. The van der Waals surface area contributed by atoms with E-state index in [1.165, 1.54) is 115 Å². The Bertz CT molecular complexity index is 5010. The maximum atomic E-state index is 6.77. The summed E-state index contributed by atoms with van der Waals surface area (Å²) in [6.45, 7) is 8.84. The first-order valence-electron chi connectivity index (χ1n) is 26.0. The molecule has 0 spiro atoms. The third-order valence-corrected chi connectivity index (χ3v) is 16.5. The summed E-state index contributed by atoms with van der Waals surface area (Å²) in [4.78, 5) is 4.88. The highest BCUT2D eigenvalue weighted by atomic mass is 16.3. The minimum Gasteiger partial charge on any atom is -0.454 e. The number of benzene rings is 11. The lowest BCUT2D eigenvalue weighted by Crippen LogP contribution is -2.13. The van der Waals surface area contributed by atoms with Crippen LogP contribution in [0.2, 0.25) is 0 Å². The molecular formula is C70H48N4O. The molecule has 0 bridgehead atoms. The molecule has 0 unspecified atom stereocenters. The van der Waals surface area contributed by atoms with Gasteiger partial charge in [-0.15, -0.1) is 0 Å². The van der Waals surface area contributed by atoms with Crippen molar-refractivity contribution in [3.63, 3.8) is 0 Å². The predicted octanol–water partition coefficient (Wildman–Crippen LogP) is 19.7. The van der Waals surface area contributed by atoms with Gasteiger partial charge in [0.15, 0.2) is 5.58 Å². The summed E-state index contributed by atoms with van der Waals surface area (Å²) < 4.78 is 11.8. The zero-order valence-corrected chi connectivity index (χ0v) is 42.0. The van der Waals surface area contributed by atoms with Crippen molar-refractivity contribution in [1.82, 2.24) is 8.80 Å². The maximum Gasteiger partial charge on any atom is 0.159 e. The van der Waals surface area contributed by atoms with Gasteiger partial charge in [0.05, 0.1) is 38.8 Å². The number of anilines is 6. The molecule has 5 nitrogen and oxygen atoms in total. The molecule has 0 aliphatic carbocycles. The van der Waals surface area contributed by atoms with E-state index >= 15 is 0 Å². The van der Waals surface area contributed by atoms with Crippen molar-refractivity contribution in [2.45, 2.75) is 27.7 Å². The van der Waals surface area contributed by atoms with Crippen molar-refractivity contribution in [1.29, 1.82) is 0 Å². The van der Waals surface area contributed by atoms with Crippen LogP contribution in [-0.4, -0.2) is 8.80 Å². The van der Waals surface area contributed by atoms with Crippen LogP contribution in [0.4, 0.5) is 34.1 Å². The number of hydrogen-bond donors (Lipinski definition) is 0. The van der Waals surface area contributed by atoms with E-state index in [4.69, 9.17) is 4.42 Å².